The van der Waals surface area contributed by atoms with Crippen LogP contribution in [0.5, 0.6) is 5.75 Å². The van der Waals surface area contributed by atoms with Crippen LogP contribution in [0.25, 0.3) is 0 Å². The molecule has 2 aromatic carbocycles. The molecule has 2 N–H and O–H groups in total. The predicted octanol–water partition coefficient (Wildman–Crippen LogP) is 4.34. The lowest BCUT2D eigenvalue weighted by molar-refractivity contribution is 0.207. The molecule has 0 aromatic heterocycles. The van der Waals surface area contributed by atoms with Crippen LogP contribution >= 0.6 is 0 Å². The first kappa shape index (κ1) is 15.5. The highest BCUT2D eigenvalue weighted by atomic mass is 19.1. The van der Waals surface area contributed by atoms with Gasteiger partial charge >= 0.3 is 0 Å². The van der Waals surface area contributed by atoms with Gasteiger partial charge in [-0.25, -0.2) is 4.39 Å². The van der Waals surface area contributed by atoms with Crippen LogP contribution in [0.4, 0.5) is 4.39 Å². The standard InChI is InChI=1S/C18H22FNO/c1-12(2)14-9-8-13(3)17(10-14)21-18(11-20)15-6-4-5-7-16(15)19/h4-10,12,18H,11,20H2,1-3H3. The zero-order valence-corrected chi connectivity index (χ0v) is 12.8. The number of hydrogen-bond donors (Lipinski definition) is 1. The first-order chi connectivity index (χ1) is 10.0. The number of aryl methyl sites for hydroxylation is 1. The van der Waals surface area contributed by atoms with Gasteiger partial charge in [0.2, 0.25) is 0 Å². The van der Waals surface area contributed by atoms with E-state index in [2.05, 4.69) is 19.9 Å². The van der Waals surface area contributed by atoms with Crippen LogP contribution in [0.15, 0.2) is 42.5 Å². The van der Waals surface area contributed by atoms with E-state index in [0.29, 0.717) is 11.5 Å². The molecule has 1 atom stereocenters. The van der Waals surface area contributed by atoms with Crippen molar-refractivity contribution in [3.63, 3.8) is 0 Å². The fourth-order valence-corrected chi connectivity index (χ4v) is 2.23. The minimum Gasteiger partial charge on any atom is -0.484 e. The van der Waals surface area contributed by atoms with E-state index in [1.54, 1.807) is 18.2 Å². The van der Waals surface area contributed by atoms with E-state index in [-0.39, 0.29) is 12.4 Å². The third-order valence-electron chi connectivity index (χ3n) is 3.61. The Labute approximate surface area is 125 Å². The molecule has 0 saturated heterocycles. The average Bonchev–Trinajstić information content (AvgIpc) is 2.47. The highest BCUT2D eigenvalue weighted by Crippen LogP contribution is 2.29. The lowest BCUT2D eigenvalue weighted by atomic mass is 10.0. The zero-order chi connectivity index (χ0) is 15.4. The van der Waals surface area contributed by atoms with E-state index < -0.39 is 6.10 Å². The van der Waals surface area contributed by atoms with E-state index in [4.69, 9.17) is 10.5 Å². The third kappa shape index (κ3) is 3.61. The number of halogens is 1. The van der Waals surface area contributed by atoms with Crippen molar-refractivity contribution in [1.82, 2.24) is 0 Å². The molecule has 0 spiro atoms. The van der Waals surface area contributed by atoms with Crippen molar-refractivity contribution in [2.45, 2.75) is 32.8 Å². The number of rotatable bonds is 5. The van der Waals surface area contributed by atoms with Crippen LogP contribution in [0.1, 0.15) is 42.6 Å². The van der Waals surface area contributed by atoms with Crippen molar-refractivity contribution in [3.05, 3.63) is 65.0 Å². The van der Waals surface area contributed by atoms with Crippen molar-refractivity contribution in [3.8, 4) is 5.75 Å². The molecule has 2 nitrogen and oxygen atoms in total. The first-order valence-corrected chi connectivity index (χ1v) is 7.24. The largest absolute Gasteiger partial charge is 0.484 e. The second-order valence-electron chi connectivity index (χ2n) is 5.54. The first-order valence-electron chi connectivity index (χ1n) is 7.24. The number of nitrogens with two attached hydrogens (primary N) is 1. The molecule has 0 amide bonds. The second-order valence-corrected chi connectivity index (χ2v) is 5.54. The molecule has 2 aromatic rings. The summed E-state index contributed by atoms with van der Waals surface area (Å²) in [4.78, 5) is 0. The molecule has 0 bridgehead atoms. The molecule has 0 radical (unpaired) electrons. The molecule has 0 aliphatic carbocycles. The minimum atomic E-state index is -0.479. The quantitative estimate of drug-likeness (QED) is 0.888. The Morgan fingerprint density at radius 3 is 2.48 bits per heavy atom. The van der Waals surface area contributed by atoms with Gasteiger partial charge in [0, 0.05) is 12.1 Å². The summed E-state index contributed by atoms with van der Waals surface area (Å²) in [6.07, 6.45) is -0.479. The van der Waals surface area contributed by atoms with Gasteiger partial charge in [-0.15, -0.1) is 0 Å². The van der Waals surface area contributed by atoms with Gasteiger partial charge < -0.3 is 10.5 Å². The number of benzene rings is 2. The summed E-state index contributed by atoms with van der Waals surface area (Å²) < 4.78 is 19.9. The third-order valence-corrected chi connectivity index (χ3v) is 3.61. The lowest BCUT2D eigenvalue weighted by Crippen LogP contribution is -2.20. The van der Waals surface area contributed by atoms with Gasteiger partial charge in [0.05, 0.1) is 0 Å². The van der Waals surface area contributed by atoms with Crippen LogP contribution in [0, 0.1) is 12.7 Å². The molecule has 21 heavy (non-hydrogen) atoms. The van der Waals surface area contributed by atoms with Gasteiger partial charge in [-0.1, -0.05) is 44.2 Å². The van der Waals surface area contributed by atoms with E-state index in [9.17, 15) is 4.39 Å². The predicted molar refractivity (Wildman–Crippen MR) is 84.1 cm³/mol. The molecule has 0 aliphatic heterocycles. The molecule has 0 aliphatic rings. The summed E-state index contributed by atoms with van der Waals surface area (Å²) in [6.45, 7) is 6.47. The SMILES string of the molecule is Cc1ccc(C(C)C)cc1OC(CN)c1ccccc1F. The molecule has 0 heterocycles. The Bertz CT molecular complexity index is 610. The molecule has 3 heteroatoms. The van der Waals surface area contributed by atoms with Gasteiger partial charge in [-0.05, 0) is 36.1 Å². The average molecular weight is 287 g/mol. The Kier molecular flexibility index (Phi) is 4.97. The fraction of sp³-hybridized carbons (Fsp3) is 0.333. The second kappa shape index (κ2) is 6.72. The maximum absolute atomic E-state index is 13.9. The summed E-state index contributed by atoms with van der Waals surface area (Å²) >= 11 is 0. The maximum Gasteiger partial charge on any atom is 0.139 e. The maximum atomic E-state index is 13.9. The highest BCUT2D eigenvalue weighted by molar-refractivity contribution is 5.38. The van der Waals surface area contributed by atoms with Crippen molar-refractivity contribution >= 4 is 0 Å². The van der Waals surface area contributed by atoms with E-state index in [1.165, 1.54) is 11.6 Å². The van der Waals surface area contributed by atoms with Gasteiger partial charge in [0.25, 0.3) is 0 Å². The Morgan fingerprint density at radius 1 is 1.14 bits per heavy atom. The van der Waals surface area contributed by atoms with Crippen molar-refractivity contribution in [2.24, 2.45) is 5.73 Å². The van der Waals surface area contributed by atoms with Crippen LogP contribution in [0.2, 0.25) is 0 Å². The lowest BCUT2D eigenvalue weighted by Gasteiger charge is -2.21. The van der Waals surface area contributed by atoms with Crippen LogP contribution < -0.4 is 10.5 Å². The summed E-state index contributed by atoms with van der Waals surface area (Å²) in [5.74, 6) is 0.892. The van der Waals surface area contributed by atoms with E-state index >= 15 is 0 Å². The monoisotopic (exact) mass is 287 g/mol. The van der Waals surface area contributed by atoms with Crippen molar-refractivity contribution < 1.29 is 9.13 Å². The Hall–Kier alpha value is -1.87. The van der Waals surface area contributed by atoms with Crippen LogP contribution in [0.3, 0.4) is 0 Å². The Morgan fingerprint density at radius 2 is 1.86 bits per heavy atom. The number of hydrogen-bond acceptors (Lipinski definition) is 2. The van der Waals surface area contributed by atoms with Gasteiger partial charge in [0.15, 0.2) is 0 Å². The molecular weight excluding hydrogens is 265 g/mol. The summed E-state index contributed by atoms with van der Waals surface area (Å²) in [6, 6.07) is 12.7. The number of ether oxygens (including phenoxy) is 1. The molecule has 1 unspecified atom stereocenters. The van der Waals surface area contributed by atoms with Crippen LogP contribution in [-0.4, -0.2) is 6.54 Å². The van der Waals surface area contributed by atoms with Gasteiger partial charge in [-0.2, -0.15) is 0 Å². The summed E-state index contributed by atoms with van der Waals surface area (Å²) in [7, 11) is 0. The molecule has 0 saturated carbocycles. The summed E-state index contributed by atoms with van der Waals surface area (Å²) in [5, 5.41) is 0. The van der Waals surface area contributed by atoms with Crippen molar-refractivity contribution in [2.75, 3.05) is 6.54 Å². The van der Waals surface area contributed by atoms with E-state index in [1.807, 2.05) is 19.1 Å². The Balaban J connectivity index is 2.31. The fourth-order valence-electron chi connectivity index (χ4n) is 2.23. The topological polar surface area (TPSA) is 35.2 Å². The normalized spacial score (nSPS) is 12.5. The van der Waals surface area contributed by atoms with Crippen LogP contribution in [-0.2, 0) is 0 Å². The van der Waals surface area contributed by atoms with E-state index in [0.717, 1.165) is 11.3 Å². The molecule has 0 fully saturated rings. The van der Waals surface area contributed by atoms with Gasteiger partial charge in [0.1, 0.15) is 17.7 Å². The molecule has 2 rings (SSSR count). The summed E-state index contributed by atoms with van der Waals surface area (Å²) in [5.41, 5.74) is 8.49. The molecular formula is C18H22FNO. The highest BCUT2D eigenvalue weighted by Gasteiger charge is 2.17. The van der Waals surface area contributed by atoms with Crippen molar-refractivity contribution in [1.29, 1.82) is 0 Å². The smallest absolute Gasteiger partial charge is 0.139 e. The molecule has 112 valence electrons. The van der Waals surface area contributed by atoms with Gasteiger partial charge in [-0.3, -0.25) is 0 Å². The minimum absolute atomic E-state index is 0.228. The zero-order valence-electron chi connectivity index (χ0n) is 12.8.